The molecule has 168 valence electrons. The van der Waals surface area contributed by atoms with Crippen LogP contribution in [-0.2, 0) is 11.3 Å². The van der Waals surface area contributed by atoms with Gasteiger partial charge in [-0.1, -0.05) is 29.8 Å². The summed E-state index contributed by atoms with van der Waals surface area (Å²) >= 11 is 6.29. The molecule has 3 rings (SSSR count). The van der Waals surface area contributed by atoms with Crippen molar-refractivity contribution in [2.75, 3.05) is 39.3 Å². The molecule has 0 atom stereocenters. The molecule has 0 bridgehead atoms. The Labute approximate surface area is 202 Å². The van der Waals surface area contributed by atoms with E-state index in [1.807, 2.05) is 12.1 Å². The number of guanidine groups is 1. The van der Waals surface area contributed by atoms with Crippen LogP contribution in [0.15, 0.2) is 29.3 Å². The van der Waals surface area contributed by atoms with Crippen LogP contribution in [0.5, 0.6) is 0 Å². The third kappa shape index (κ3) is 8.59. The molecule has 8 heteroatoms. The van der Waals surface area contributed by atoms with Crippen molar-refractivity contribution in [2.24, 2.45) is 16.8 Å². The lowest BCUT2D eigenvalue weighted by atomic mass is 9.96. The quantitative estimate of drug-likeness (QED) is 0.192. The molecule has 1 heterocycles. The Morgan fingerprint density at radius 3 is 2.47 bits per heavy atom. The number of hydrogen-bond donors (Lipinski definition) is 3. The summed E-state index contributed by atoms with van der Waals surface area (Å²) in [5.41, 5.74) is 1.21. The molecular weight excluding hydrogens is 513 g/mol. The summed E-state index contributed by atoms with van der Waals surface area (Å²) in [6.07, 6.45) is 4.40. The van der Waals surface area contributed by atoms with E-state index in [1.165, 1.54) is 5.56 Å². The molecule has 30 heavy (non-hydrogen) atoms. The lowest BCUT2D eigenvalue weighted by molar-refractivity contribution is -0.122. The highest BCUT2D eigenvalue weighted by Gasteiger charge is 2.29. The molecule has 1 aromatic carbocycles. The number of aliphatic imine (C=N–C) groups is 1. The fraction of sp³-hybridized carbons (Fsp3) is 0.636. The van der Waals surface area contributed by atoms with E-state index >= 15 is 0 Å². The monoisotopic (exact) mass is 547 g/mol. The number of likely N-dealkylation sites (tertiary alicyclic amines) is 1. The Bertz CT molecular complexity index is 690. The van der Waals surface area contributed by atoms with Crippen molar-refractivity contribution >= 4 is 47.4 Å². The molecule has 6 nitrogen and oxygen atoms in total. The number of piperidine rings is 1. The minimum Gasteiger partial charge on any atom is -0.357 e. The molecule has 1 saturated heterocycles. The molecule has 1 amide bonds. The first-order valence-corrected chi connectivity index (χ1v) is 11.3. The van der Waals surface area contributed by atoms with Gasteiger partial charge in [-0.2, -0.15) is 0 Å². The van der Waals surface area contributed by atoms with Crippen molar-refractivity contribution in [3.8, 4) is 0 Å². The van der Waals surface area contributed by atoms with Crippen LogP contribution in [0, 0.1) is 11.8 Å². The predicted molar refractivity (Wildman–Crippen MR) is 135 cm³/mol. The average Bonchev–Trinajstić information content (AvgIpc) is 3.57. The van der Waals surface area contributed by atoms with Gasteiger partial charge in [0.2, 0.25) is 5.91 Å². The van der Waals surface area contributed by atoms with E-state index < -0.39 is 0 Å². The fourth-order valence-corrected chi connectivity index (χ4v) is 3.81. The van der Waals surface area contributed by atoms with Crippen LogP contribution in [-0.4, -0.2) is 56.0 Å². The topological polar surface area (TPSA) is 68.8 Å². The average molecular weight is 548 g/mol. The second kappa shape index (κ2) is 13.4. The molecule has 1 saturated carbocycles. The van der Waals surface area contributed by atoms with Gasteiger partial charge in [-0.3, -0.25) is 14.7 Å². The zero-order chi connectivity index (χ0) is 20.5. The lowest BCUT2D eigenvalue weighted by Crippen LogP contribution is -2.42. The van der Waals surface area contributed by atoms with Gasteiger partial charge in [-0.05, 0) is 63.2 Å². The highest BCUT2D eigenvalue weighted by molar-refractivity contribution is 14.0. The van der Waals surface area contributed by atoms with Gasteiger partial charge < -0.3 is 16.0 Å². The molecule has 0 spiro atoms. The number of nitrogens with zero attached hydrogens (tertiary/aromatic N) is 2. The van der Waals surface area contributed by atoms with Crippen LogP contribution in [0.25, 0.3) is 0 Å². The first-order chi connectivity index (χ1) is 14.2. The van der Waals surface area contributed by atoms with Gasteiger partial charge in [0.15, 0.2) is 5.96 Å². The molecule has 1 aromatic rings. The Morgan fingerprint density at radius 1 is 1.10 bits per heavy atom. The van der Waals surface area contributed by atoms with Crippen LogP contribution in [0.2, 0.25) is 5.02 Å². The summed E-state index contributed by atoms with van der Waals surface area (Å²) in [4.78, 5) is 18.9. The van der Waals surface area contributed by atoms with Gasteiger partial charge >= 0.3 is 0 Å². The first-order valence-electron chi connectivity index (χ1n) is 10.9. The number of carbonyl (C=O) groups excluding carboxylic acids is 1. The summed E-state index contributed by atoms with van der Waals surface area (Å²) in [6.45, 7) is 8.16. The summed E-state index contributed by atoms with van der Waals surface area (Å²) < 4.78 is 0. The van der Waals surface area contributed by atoms with E-state index in [0.717, 1.165) is 69.4 Å². The van der Waals surface area contributed by atoms with Crippen LogP contribution >= 0.6 is 35.6 Å². The summed E-state index contributed by atoms with van der Waals surface area (Å²) in [5, 5.41) is 10.4. The van der Waals surface area contributed by atoms with Crippen LogP contribution in [0.4, 0.5) is 0 Å². The Hall–Kier alpha value is -1.06. The number of nitrogens with one attached hydrogen (secondary N) is 3. The van der Waals surface area contributed by atoms with Crippen molar-refractivity contribution in [1.29, 1.82) is 0 Å². The van der Waals surface area contributed by atoms with Crippen molar-refractivity contribution in [3.05, 3.63) is 34.9 Å². The fourth-order valence-electron chi connectivity index (χ4n) is 3.61. The van der Waals surface area contributed by atoms with E-state index in [-0.39, 0.29) is 35.8 Å². The van der Waals surface area contributed by atoms with Crippen LogP contribution < -0.4 is 16.0 Å². The SMILES string of the molecule is CCNC(=NCC1CCN(Cc2ccccc2Cl)CC1)NCCNC(=O)C1CC1.I. The van der Waals surface area contributed by atoms with Gasteiger partial charge in [-0.25, -0.2) is 0 Å². The maximum absolute atomic E-state index is 11.7. The first kappa shape index (κ1) is 25.2. The summed E-state index contributed by atoms with van der Waals surface area (Å²) in [7, 11) is 0. The highest BCUT2D eigenvalue weighted by Crippen LogP contribution is 2.28. The summed E-state index contributed by atoms with van der Waals surface area (Å²) in [5.74, 6) is 1.91. The largest absolute Gasteiger partial charge is 0.357 e. The van der Waals surface area contributed by atoms with Gasteiger partial charge in [0.05, 0.1) is 0 Å². The minimum atomic E-state index is 0. The normalized spacial score (nSPS) is 17.9. The molecular formula is C22H35ClIN5O. The number of hydrogen-bond acceptors (Lipinski definition) is 3. The molecule has 2 aliphatic rings. The van der Waals surface area contributed by atoms with Crippen molar-refractivity contribution in [1.82, 2.24) is 20.9 Å². The van der Waals surface area contributed by atoms with E-state index in [1.54, 1.807) is 0 Å². The third-order valence-corrected chi connectivity index (χ3v) is 5.94. The zero-order valence-electron chi connectivity index (χ0n) is 17.8. The molecule has 1 aliphatic heterocycles. The number of rotatable bonds is 9. The van der Waals surface area contributed by atoms with E-state index in [9.17, 15) is 4.79 Å². The molecule has 0 aromatic heterocycles. The predicted octanol–water partition coefficient (Wildman–Crippen LogP) is 3.25. The maximum atomic E-state index is 11.7. The number of amides is 1. The van der Waals surface area contributed by atoms with Gasteiger partial charge in [0, 0.05) is 43.7 Å². The Morgan fingerprint density at radius 2 is 1.80 bits per heavy atom. The van der Waals surface area contributed by atoms with Crippen molar-refractivity contribution in [2.45, 2.75) is 39.2 Å². The van der Waals surface area contributed by atoms with E-state index in [4.69, 9.17) is 16.6 Å². The Kier molecular flexibility index (Phi) is 11.2. The van der Waals surface area contributed by atoms with Gasteiger partial charge in [0.1, 0.15) is 0 Å². The second-order valence-electron chi connectivity index (χ2n) is 8.02. The Balaban J connectivity index is 0.00000320. The second-order valence-corrected chi connectivity index (χ2v) is 8.43. The molecule has 0 radical (unpaired) electrons. The van der Waals surface area contributed by atoms with Crippen LogP contribution in [0.1, 0.15) is 38.2 Å². The lowest BCUT2D eigenvalue weighted by Gasteiger charge is -2.31. The van der Waals surface area contributed by atoms with Crippen molar-refractivity contribution < 1.29 is 4.79 Å². The minimum absolute atomic E-state index is 0. The smallest absolute Gasteiger partial charge is 0.223 e. The number of benzene rings is 1. The molecule has 0 unspecified atom stereocenters. The van der Waals surface area contributed by atoms with E-state index in [0.29, 0.717) is 19.0 Å². The van der Waals surface area contributed by atoms with Gasteiger partial charge in [0.25, 0.3) is 0 Å². The maximum Gasteiger partial charge on any atom is 0.223 e. The zero-order valence-corrected chi connectivity index (χ0v) is 20.9. The van der Waals surface area contributed by atoms with E-state index in [2.05, 4.69) is 39.9 Å². The number of halogens is 2. The van der Waals surface area contributed by atoms with Crippen molar-refractivity contribution in [3.63, 3.8) is 0 Å². The highest BCUT2D eigenvalue weighted by atomic mass is 127. The number of carbonyl (C=O) groups is 1. The molecule has 1 aliphatic carbocycles. The summed E-state index contributed by atoms with van der Waals surface area (Å²) in [6, 6.07) is 8.10. The third-order valence-electron chi connectivity index (χ3n) is 5.58. The van der Waals surface area contributed by atoms with Crippen LogP contribution in [0.3, 0.4) is 0 Å². The molecule has 2 fully saturated rings. The van der Waals surface area contributed by atoms with Gasteiger partial charge in [-0.15, -0.1) is 24.0 Å². The standard InChI is InChI=1S/C22H34ClN5O.HI/c1-2-24-22(26-12-11-25-21(29)18-7-8-18)27-15-17-9-13-28(14-10-17)16-19-5-3-4-6-20(19)23;/h3-6,17-18H,2,7-16H2,1H3,(H,25,29)(H2,24,26,27);1H. The molecule has 3 N–H and O–H groups in total.